The van der Waals surface area contributed by atoms with Crippen LogP contribution in [0.25, 0.3) is 0 Å². The summed E-state index contributed by atoms with van der Waals surface area (Å²) in [6.07, 6.45) is -4.80. The van der Waals surface area contributed by atoms with Crippen LogP contribution in [-0.4, -0.2) is 13.1 Å². The lowest BCUT2D eigenvalue weighted by Gasteiger charge is -2.10. The van der Waals surface area contributed by atoms with Crippen LogP contribution in [0.3, 0.4) is 0 Å². The van der Waals surface area contributed by atoms with Crippen molar-refractivity contribution in [2.75, 3.05) is 7.11 Å². The molecule has 1 aromatic carbocycles. The van der Waals surface area contributed by atoms with Gasteiger partial charge in [-0.2, -0.15) is 13.2 Å². The molecular weight excluding hydrogens is 296 g/mol. The van der Waals surface area contributed by atoms with Crippen LogP contribution in [0.2, 0.25) is 0 Å². The summed E-state index contributed by atoms with van der Waals surface area (Å²) in [4.78, 5) is 11.0. The normalized spacial score (nSPS) is 11.4. The lowest BCUT2D eigenvalue weighted by molar-refractivity contribution is -0.140. The van der Waals surface area contributed by atoms with Gasteiger partial charge in [-0.25, -0.2) is 9.18 Å². The summed E-state index contributed by atoms with van der Waals surface area (Å²) in [5.41, 5.74) is -1.74. The molecule has 0 heterocycles. The van der Waals surface area contributed by atoms with E-state index in [0.717, 1.165) is 7.11 Å². The Morgan fingerprint density at radius 1 is 1.38 bits per heavy atom. The van der Waals surface area contributed by atoms with Crippen LogP contribution in [0.5, 0.6) is 0 Å². The molecule has 16 heavy (non-hydrogen) atoms. The van der Waals surface area contributed by atoms with Gasteiger partial charge in [0, 0.05) is 4.47 Å². The van der Waals surface area contributed by atoms with Gasteiger partial charge in [0.25, 0.3) is 0 Å². The first-order valence-electron chi connectivity index (χ1n) is 3.92. The van der Waals surface area contributed by atoms with E-state index < -0.39 is 23.5 Å². The number of hydrogen-bond donors (Lipinski definition) is 0. The quantitative estimate of drug-likeness (QED) is 0.587. The van der Waals surface area contributed by atoms with Gasteiger partial charge in [-0.3, -0.25) is 0 Å². The standard InChI is InChI=1S/C9H5BrF4O2/c1-16-8(15)4-2-7(11)5(3-6(4)10)9(12,13)14/h2-3H,1H3. The molecule has 0 amide bonds. The number of methoxy groups -OCH3 is 1. The summed E-state index contributed by atoms with van der Waals surface area (Å²) < 4.78 is 54.0. The molecule has 0 saturated carbocycles. The zero-order valence-corrected chi connectivity index (χ0v) is 9.45. The van der Waals surface area contributed by atoms with Crippen molar-refractivity contribution in [2.24, 2.45) is 0 Å². The van der Waals surface area contributed by atoms with E-state index in [0.29, 0.717) is 12.1 Å². The molecule has 0 radical (unpaired) electrons. The topological polar surface area (TPSA) is 26.3 Å². The van der Waals surface area contributed by atoms with E-state index in [9.17, 15) is 22.4 Å². The largest absolute Gasteiger partial charge is 0.465 e. The summed E-state index contributed by atoms with van der Waals surface area (Å²) >= 11 is 2.75. The Morgan fingerprint density at radius 3 is 2.38 bits per heavy atom. The Hall–Kier alpha value is -1.11. The van der Waals surface area contributed by atoms with Gasteiger partial charge < -0.3 is 4.74 Å². The van der Waals surface area contributed by atoms with E-state index in [1.165, 1.54) is 0 Å². The van der Waals surface area contributed by atoms with E-state index in [1.54, 1.807) is 0 Å². The molecule has 7 heteroatoms. The van der Waals surface area contributed by atoms with Crippen molar-refractivity contribution >= 4 is 21.9 Å². The lowest BCUT2D eigenvalue weighted by atomic mass is 10.1. The molecule has 0 aliphatic heterocycles. The molecular formula is C9H5BrF4O2. The molecule has 0 unspecified atom stereocenters. The van der Waals surface area contributed by atoms with Crippen LogP contribution in [-0.2, 0) is 10.9 Å². The second-order valence-corrected chi connectivity index (χ2v) is 3.66. The maximum absolute atomic E-state index is 13.1. The van der Waals surface area contributed by atoms with Gasteiger partial charge in [-0.15, -0.1) is 0 Å². The molecule has 1 rings (SSSR count). The Balaban J connectivity index is 3.33. The van der Waals surface area contributed by atoms with Crippen molar-refractivity contribution in [1.82, 2.24) is 0 Å². The minimum atomic E-state index is -4.80. The van der Waals surface area contributed by atoms with Gasteiger partial charge in [-0.05, 0) is 28.1 Å². The molecule has 0 spiro atoms. The van der Waals surface area contributed by atoms with Crippen molar-refractivity contribution in [2.45, 2.75) is 6.18 Å². The SMILES string of the molecule is COC(=O)c1cc(F)c(C(F)(F)F)cc1Br. The van der Waals surface area contributed by atoms with Gasteiger partial charge in [-0.1, -0.05) is 0 Å². The summed E-state index contributed by atoms with van der Waals surface area (Å²) in [5, 5.41) is 0. The highest BCUT2D eigenvalue weighted by molar-refractivity contribution is 9.10. The number of rotatable bonds is 1. The number of carbonyl (C=O) groups excluding carboxylic acids is 1. The smallest absolute Gasteiger partial charge is 0.419 e. The third-order valence-corrected chi connectivity index (χ3v) is 2.42. The highest BCUT2D eigenvalue weighted by Crippen LogP contribution is 2.34. The van der Waals surface area contributed by atoms with Crippen LogP contribution in [0, 0.1) is 5.82 Å². The van der Waals surface area contributed by atoms with E-state index in [4.69, 9.17) is 0 Å². The minimum Gasteiger partial charge on any atom is -0.465 e. The molecule has 0 atom stereocenters. The van der Waals surface area contributed by atoms with Crippen molar-refractivity contribution in [3.05, 3.63) is 33.5 Å². The first-order valence-corrected chi connectivity index (χ1v) is 4.71. The molecule has 0 fully saturated rings. The van der Waals surface area contributed by atoms with Crippen molar-refractivity contribution in [1.29, 1.82) is 0 Å². The van der Waals surface area contributed by atoms with E-state index in [-0.39, 0.29) is 10.0 Å². The molecule has 1 aromatic rings. The van der Waals surface area contributed by atoms with Crippen LogP contribution in [0.1, 0.15) is 15.9 Å². The molecule has 0 aliphatic rings. The first-order chi connectivity index (χ1) is 7.27. The third kappa shape index (κ3) is 2.52. The van der Waals surface area contributed by atoms with Crippen molar-refractivity contribution in [3.8, 4) is 0 Å². The van der Waals surface area contributed by atoms with Crippen LogP contribution < -0.4 is 0 Å². The van der Waals surface area contributed by atoms with Gasteiger partial charge in [0.1, 0.15) is 5.82 Å². The van der Waals surface area contributed by atoms with Crippen LogP contribution >= 0.6 is 15.9 Å². The summed E-state index contributed by atoms with van der Waals surface area (Å²) in [5.74, 6) is -2.43. The molecule has 0 bridgehead atoms. The predicted molar refractivity (Wildman–Crippen MR) is 50.4 cm³/mol. The van der Waals surface area contributed by atoms with E-state index >= 15 is 0 Å². The fourth-order valence-electron chi connectivity index (χ4n) is 1.03. The number of halogens is 5. The molecule has 0 saturated heterocycles. The Labute approximate surface area is 96.3 Å². The Bertz CT molecular complexity index is 428. The minimum absolute atomic E-state index is 0.173. The average Bonchev–Trinajstić information content (AvgIpc) is 2.18. The molecule has 2 nitrogen and oxygen atoms in total. The van der Waals surface area contributed by atoms with Crippen molar-refractivity contribution in [3.63, 3.8) is 0 Å². The fraction of sp³-hybridized carbons (Fsp3) is 0.222. The number of carbonyl (C=O) groups is 1. The Morgan fingerprint density at radius 2 is 1.94 bits per heavy atom. The number of hydrogen-bond acceptors (Lipinski definition) is 2. The number of ether oxygens (including phenoxy) is 1. The highest BCUT2D eigenvalue weighted by atomic mass is 79.9. The molecule has 0 aliphatic carbocycles. The maximum Gasteiger partial charge on any atom is 0.419 e. The zero-order chi connectivity index (χ0) is 12.5. The van der Waals surface area contributed by atoms with Crippen LogP contribution in [0.15, 0.2) is 16.6 Å². The maximum atomic E-state index is 13.1. The molecule has 0 N–H and O–H groups in total. The second-order valence-electron chi connectivity index (χ2n) is 2.80. The van der Waals surface area contributed by atoms with Crippen molar-refractivity contribution < 1.29 is 27.1 Å². The fourth-order valence-corrected chi connectivity index (χ4v) is 1.54. The third-order valence-electron chi connectivity index (χ3n) is 1.77. The zero-order valence-electron chi connectivity index (χ0n) is 7.86. The lowest BCUT2D eigenvalue weighted by Crippen LogP contribution is -2.11. The van der Waals surface area contributed by atoms with Crippen LogP contribution in [0.4, 0.5) is 17.6 Å². The first kappa shape index (κ1) is 13.0. The summed E-state index contributed by atoms with van der Waals surface area (Å²) in [7, 11) is 1.05. The van der Waals surface area contributed by atoms with Gasteiger partial charge in [0.15, 0.2) is 0 Å². The number of benzene rings is 1. The summed E-state index contributed by atoms with van der Waals surface area (Å²) in [6, 6.07) is 0.986. The number of esters is 1. The average molecular weight is 301 g/mol. The van der Waals surface area contributed by atoms with Gasteiger partial charge in [0.05, 0.1) is 18.2 Å². The van der Waals surface area contributed by atoms with E-state index in [2.05, 4.69) is 20.7 Å². The summed E-state index contributed by atoms with van der Waals surface area (Å²) in [6.45, 7) is 0. The molecule has 88 valence electrons. The molecule has 0 aromatic heterocycles. The highest BCUT2D eigenvalue weighted by Gasteiger charge is 2.35. The van der Waals surface area contributed by atoms with Gasteiger partial charge >= 0.3 is 12.1 Å². The van der Waals surface area contributed by atoms with Gasteiger partial charge in [0.2, 0.25) is 0 Å². The predicted octanol–water partition coefficient (Wildman–Crippen LogP) is 3.39. The Kier molecular flexibility index (Phi) is 3.57. The number of alkyl halides is 3. The second kappa shape index (κ2) is 4.40. The van der Waals surface area contributed by atoms with E-state index in [1.807, 2.05) is 0 Å². The monoisotopic (exact) mass is 300 g/mol.